The summed E-state index contributed by atoms with van der Waals surface area (Å²) in [5.74, 6) is 2.43. The van der Waals surface area contributed by atoms with E-state index in [4.69, 9.17) is 19.6 Å². The molecule has 0 aliphatic heterocycles. The molecule has 0 radical (unpaired) electrons. The van der Waals surface area contributed by atoms with Crippen molar-refractivity contribution in [2.75, 3.05) is 7.11 Å². The molecule has 1 atom stereocenters. The number of imidazole rings is 1. The summed E-state index contributed by atoms with van der Waals surface area (Å²) in [5, 5.41) is 6.89. The zero-order chi connectivity index (χ0) is 18.9. The Morgan fingerprint density at radius 1 is 1.35 bits per heavy atom. The Labute approximate surface area is 154 Å². The second kappa shape index (κ2) is 9.61. The van der Waals surface area contributed by atoms with Gasteiger partial charge < -0.3 is 14.8 Å². The van der Waals surface area contributed by atoms with Crippen LogP contribution in [-0.4, -0.2) is 28.7 Å². The van der Waals surface area contributed by atoms with E-state index in [2.05, 4.69) is 54.4 Å². The minimum absolute atomic E-state index is 0.250. The highest BCUT2D eigenvalue weighted by Gasteiger charge is 2.20. The topological polar surface area (TPSA) is 75.2 Å². The molecule has 3 rings (SSSR count). The van der Waals surface area contributed by atoms with Gasteiger partial charge in [-0.15, -0.1) is 0 Å². The molecular formula is C21H26N2O3. The monoisotopic (exact) mass is 354 g/mol. The number of rotatable bonds is 4. The number of methoxy groups -OCH3 is 1. The molecule has 1 aliphatic rings. The van der Waals surface area contributed by atoms with Crippen LogP contribution in [0.25, 0.3) is 11.8 Å². The number of aromatic amines is 1. The standard InChI is InChI=1S/C20H24N2O.CH2O2/c1-4-5-15-7-9-16(10-8-15)13-19-21-17-11-6-14(2)12-18(23-3)20(17)22-19;2-1-3/h4-5,7-10,12,14H,6,11,13H2,1-3H3,(H,21,22);1H,(H,2,3)/b5-4+;. The number of aromatic nitrogens is 2. The smallest absolute Gasteiger partial charge is 0.290 e. The van der Waals surface area contributed by atoms with Crippen molar-refractivity contribution < 1.29 is 14.6 Å². The molecule has 1 aromatic carbocycles. The minimum atomic E-state index is -0.250. The maximum atomic E-state index is 8.36. The van der Waals surface area contributed by atoms with Gasteiger partial charge in [-0.25, -0.2) is 4.98 Å². The summed E-state index contributed by atoms with van der Waals surface area (Å²) in [4.78, 5) is 16.7. The van der Waals surface area contributed by atoms with Crippen molar-refractivity contribution in [3.05, 3.63) is 64.8 Å². The first-order valence-corrected chi connectivity index (χ1v) is 8.74. The van der Waals surface area contributed by atoms with Gasteiger partial charge in [-0.05, 0) is 42.9 Å². The number of fused-ring (bicyclic) bond motifs is 1. The molecule has 1 unspecified atom stereocenters. The maximum absolute atomic E-state index is 8.36. The average Bonchev–Trinajstić information content (AvgIpc) is 2.96. The predicted molar refractivity (Wildman–Crippen MR) is 104 cm³/mol. The van der Waals surface area contributed by atoms with E-state index in [1.54, 1.807) is 7.11 Å². The third-order valence-electron chi connectivity index (χ3n) is 4.28. The van der Waals surface area contributed by atoms with Crippen LogP contribution in [0.5, 0.6) is 0 Å². The molecule has 0 saturated heterocycles. The lowest BCUT2D eigenvalue weighted by Crippen LogP contribution is -1.95. The zero-order valence-corrected chi connectivity index (χ0v) is 15.5. The van der Waals surface area contributed by atoms with E-state index < -0.39 is 0 Å². The van der Waals surface area contributed by atoms with E-state index in [1.807, 2.05) is 6.92 Å². The van der Waals surface area contributed by atoms with Crippen LogP contribution in [0.4, 0.5) is 0 Å². The van der Waals surface area contributed by atoms with Crippen LogP contribution in [0.1, 0.15) is 48.6 Å². The summed E-state index contributed by atoms with van der Waals surface area (Å²) in [5.41, 5.74) is 4.67. The molecule has 1 heterocycles. The molecule has 5 nitrogen and oxygen atoms in total. The fraction of sp³-hybridized carbons (Fsp3) is 0.333. The number of ether oxygens (including phenoxy) is 1. The summed E-state index contributed by atoms with van der Waals surface area (Å²) < 4.78 is 5.55. The van der Waals surface area contributed by atoms with Gasteiger partial charge in [0, 0.05) is 12.1 Å². The highest BCUT2D eigenvalue weighted by atomic mass is 16.5. The van der Waals surface area contributed by atoms with Gasteiger partial charge in [0.15, 0.2) is 0 Å². The van der Waals surface area contributed by atoms with Gasteiger partial charge in [-0.2, -0.15) is 0 Å². The molecule has 0 fully saturated rings. The molecule has 2 aromatic rings. The van der Waals surface area contributed by atoms with E-state index >= 15 is 0 Å². The Bertz CT molecular complexity index is 773. The van der Waals surface area contributed by atoms with Crippen molar-refractivity contribution in [2.24, 2.45) is 5.92 Å². The van der Waals surface area contributed by atoms with Crippen LogP contribution >= 0.6 is 0 Å². The molecule has 138 valence electrons. The lowest BCUT2D eigenvalue weighted by molar-refractivity contribution is -0.122. The lowest BCUT2D eigenvalue weighted by atomic mass is 10.1. The van der Waals surface area contributed by atoms with Crippen LogP contribution in [0, 0.1) is 5.92 Å². The molecular weight excluding hydrogens is 328 g/mol. The Kier molecular flexibility index (Phi) is 7.21. The lowest BCUT2D eigenvalue weighted by Gasteiger charge is -2.04. The molecule has 1 aliphatic carbocycles. The first-order chi connectivity index (χ1) is 12.6. The largest absolute Gasteiger partial charge is 0.495 e. The highest BCUT2D eigenvalue weighted by molar-refractivity contribution is 5.60. The van der Waals surface area contributed by atoms with Crippen LogP contribution in [0.2, 0.25) is 0 Å². The minimum Gasteiger partial charge on any atom is -0.495 e. The van der Waals surface area contributed by atoms with Crippen LogP contribution < -0.4 is 0 Å². The Hall–Kier alpha value is -2.82. The summed E-state index contributed by atoms with van der Waals surface area (Å²) in [7, 11) is 1.72. The van der Waals surface area contributed by atoms with Gasteiger partial charge in [0.25, 0.3) is 6.47 Å². The molecule has 0 bridgehead atoms. The van der Waals surface area contributed by atoms with Crippen LogP contribution in [-0.2, 0) is 22.4 Å². The van der Waals surface area contributed by atoms with Gasteiger partial charge in [0.2, 0.25) is 0 Å². The number of allylic oxidation sites excluding steroid dienone is 2. The second-order valence-corrected chi connectivity index (χ2v) is 6.29. The van der Waals surface area contributed by atoms with E-state index in [0.29, 0.717) is 5.92 Å². The molecule has 0 saturated carbocycles. The second-order valence-electron chi connectivity index (χ2n) is 6.29. The summed E-state index contributed by atoms with van der Waals surface area (Å²) >= 11 is 0. The van der Waals surface area contributed by atoms with Crippen molar-refractivity contribution in [1.29, 1.82) is 0 Å². The van der Waals surface area contributed by atoms with Crippen molar-refractivity contribution in [1.82, 2.24) is 9.97 Å². The fourth-order valence-corrected chi connectivity index (χ4v) is 3.02. The van der Waals surface area contributed by atoms with Gasteiger partial charge >= 0.3 is 0 Å². The van der Waals surface area contributed by atoms with Crippen molar-refractivity contribution in [3.8, 4) is 0 Å². The number of hydrogen-bond donors (Lipinski definition) is 2. The number of H-pyrrole nitrogens is 1. The first-order valence-electron chi connectivity index (χ1n) is 8.74. The Morgan fingerprint density at radius 2 is 2.04 bits per heavy atom. The number of benzene rings is 1. The third-order valence-corrected chi connectivity index (χ3v) is 4.28. The molecule has 5 heteroatoms. The molecule has 2 N–H and O–H groups in total. The van der Waals surface area contributed by atoms with E-state index in [-0.39, 0.29) is 6.47 Å². The van der Waals surface area contributed by atoms with Crippen molar-refractivity contribution >= 4 is 18.3 Å². The number of aryl methyl sites for hydroxylation is 1. The highest BCUT2D eigenvalue weighted by Crippen LogP contribution is 2.27. The average molecular weight is 354 g/mol. The molecule has 0 amide bonds. The third kappa shape index (κ3) is 5.09. The van der Waals surface area contributed by atoms with Gasteiger partial charge in [0.05, 0.1) is 7.11 Å². The van der Waals surface area contributed by atoms with Gasteiger partial charge in [-0.1, -0.05) is 43.3 Å². The number of nitrogens with one attached hydrogen (secondary N) is 1. The Morgan fingerprint density at radius 3 is 2.65 bits per heavy atom. The maximum Gasteiger partial charge on any atom is 0.290 e. The van der Waals surface area contributed by atoms with Crippen molar-refractivity contribution in [3.63, 3.8) is 0 Å². The Balaban J connectivity index is 0.000000758. The predicted octanol–water partition coefficient (Wildman–Crippen LogP) is 4.30. The molecule has 1 aromatic heterocycles. The van der Waals surface area contributed by atoms with E-state index in [9.17, 15) is 0 Å². The summed E-state index contributed by atoms with van der Waals surface area (Å²) in [6, 6.07) is 8.62. The molecule has 0 spiro atoms. The summed E-state index contributed by atoms with van der Waals surface area (Å²) in [6.07, 6.45) is 9.30. The zero-order valence-electron chi connectivity index (χ0n) is 15.5. The number of carboxylic acid groups (broad SMARTS) is 1. The normalized spacial score (nSPS) is 16.1. The van der Waals surface area contributed by atoms with Gasteiger partial charge in [-0.3, -0.25) is 4.79 Å². The number of carbonyl (C=O) groups is 1. The van der Waals surface area contributed by atoms with Crippen LogP contribution in [0.3, 0.4) is 0 Å². The van der Waals surface area contributed by atoms with Crippen molar-refractivity contribution in [2.45, 2.75) is 33.1 Å². The number of hydrogen-bond acceptors (Lipinski definition) is 3. The quantitative estimate of drug-likeness (QED) is 0.803. The fourth-order valence-electron chi connectivity index (χ4n) is 3.02. The van der Waals surface area contributed by atoms with E-state index in [0.717, 1.165) is 36.5 Å². The SMILES string of the molecule is C/C=C/c1ccc(Cc2nc3c([nH]2)CCC(C)C=C3OC)cc1.O=CO. The summed E-state index contributed by atoms with van der Waals surface area (Å²) in [6.45, 7) is 4.00. The molecule has 26 heavy (non-hydrogen) atoms. The van der Waals surface area contributed by atoms with E-state index in [1.165, 1.54) is 16.8 Å². The first kappa shape index (κ1) is 19.5. The van der Waals surface area contributed by atoms with Crippen LogP contribution in [0.15, 0.2) is 36.4 Å². The number of nitrogens with zero attached hydrogens (tertiary/aromatic N) is 1. The van der Waals surface area contributed by atoms with Gasteiger partial charge in [0.1, 0.15) is 17.3 Å².